The molecule has 0 saturated carbocycles. The molecule has 0 aromatic carbocycles. The highest BCUT2D eigenvalue weighted by Gasteiger charge is 2.26. The molecule has 0 saturated heterocycles. The summed E-state index contributed by atoms with van der Waals surface area (Å²) in [7, 11) is 0. The number of aryl methyl sites for hydroxylation is 1. The van der Waals surface area contributed by atoms with Crippen LogP contribution in [0.1, 0.15) is 55.5 Å². The molecule has 24 heavy (non-hydrogen) atoms. The highest BCUT2D eigenvalue weighted by molar-refractivity contribution is 5.93. The van der Waals surface area contributed by atoms with Crippen molar-refractivity contribution in [1.82, 2.24) is 14.7 Å². The first kappa shape index (κ1) is 18.1. The van der Waals surface area contributed by atoms with Crippen LogP contribution in [-0.4, -0.2) is 32.5 Å². The van der Waals surface area contributed by atoms with Gasteiger partial charge in [-0.1, -0.05) is 32.8 Å². The third-order valence-corrected chi connectivity index (χ3v) is 4.10. The summed E-state index contributed by atoms with van der Waals surface area (Å²) < 4.78 is 1.37. The number of amides is 1. The predicted molar refractivity (Wildman–Crippen MR) is 93.3 cm³/mol. The number of hydrogen-bond acceptors (Lipinski definition) is 4. The molecule has 1 amide bonds. The van der Waals surface area contributed by atoms with Crippen LogP contribution in [0.25, 0.3) is 5.65 Å². The van der Waals surface area contributed by atoms with Crippen LogP contribution in [0.15, 0.2) is 29.3 Å². The van der Waals surface area contributed by atoms with Crippen molar-refractivity contribution >= 4 is 11.6 Å². The Balaban J connectivity index is 2.22. The van der Waals surface area contributed by atoms with E-state index in [1.54, 1.807) is 12.3 Å². The van der Waals surface area contributed by atoms with Gasteiger partial charge in [-0.2, -0.15) is 0 Å². The molecular formula is C18H25N3O3. The third-order valence-electron chi connectivity index (χ3n) is 4.10. The lowest BCUT2D eigenvalue weighted by Gasteiger charge is -2.27. The average Bonchev–Trinajstić information content (AvgIpc) is 2.54. The van der Waals surface area contributed by atoms with Crippen LogP contribution in [0, 0.1) is 6.92 Å². The summed E-state index contributed by atoms with van der Waals surface area (Å²) in [5, 5.41) is 13.3. The topological polar surface area (TPSA) is 83.7 Å². The van der Waals surface area contributed by atoms with Gasteiger partial charge in [-0.25, -0.2) is 4.98 Å². The maximum Gasteiger partial charge on any atom is 0.270 e. The predicted octanol–water partition coefficient (Wildman–Crippen LogP) is 2.06. The second kappa shape index (κ2) is 7.57. The maximum absolute atomic E-state index is 12.5. The fourth-order valence-corrected chi connectivity index (χ4v) is 2.91. The molecule has 0 spiro atoms. The Bertz CT molecular complexity index is 777. The van der Waals surface area contributed by atoms with Gasteiger partial charge in [0.1, 0.15) is 11.2 Å². The van der Waals surface area contributed by atoms with Crippen molar-refractivity contribution in [2.45, 2.75) is 52.1 Å². The largest absolute Gasteiger partial charge is 0.388 e. The summed E-state index contributed by atoms with van der Waals surface area (Å²) in [5.41, 5.74) is 0.0416. The summed E-state index contributed by atoms with van der Waals surface area (Å²) in [4.78, 5) is 29.0. The minimum atomic E-state index is -0.934. The zero-order valence-electron chi connectivity index (χ0n) is 14.5. The lowest BCUT2D eigenvalue weighted by atomic mass is 9.92. The van der Waals surface area contributed by atoms with Gasteiger partial charge in [0.15, 0.2) is 0 Å². The lowest BCUT2D eigenvalue weighted by molar-refractivity contribution is 0.0212. The molecule has 130 valence electrons. The zero-order chi connectivity index (χ0) is 17.7. The van der Waals surface area contributed by atoms with E-state index in [4.69, 9.17) is 0 Å². The van der Waals surface area contributed by atoms with Crippen molar-refractivity contribution < 1.29 is 9.90 Å². The Hall–Kier alpha value is -2.21. The van der Waals surface area contributed by atoms with E-state index in [9.17, 15) is 14.7 Å². The Morgan fingerprint density at radius 3 is 2.58 bits per heavy atom. The van der Waals surface area contributed by atoms with Gasteiger partial charge in [0.25, 0.3) is 11.5 Å². The Morgan fingerprint density at radius 1 is 1.29 bits per heavy atom. The number of nitrogens with one attached hydrogen (secondary N) is 1. The van der Waals surface area contributed by atoms with Gasteiger partial charge in [0.05, 0.1) is 5.60 Å². The van der Waals surface area contributed by atoms with Crippen LogP contribution >= 0.6 is 0 Å². The van der Waals surface area contributed by atoms with Crippen LogP contribution in [0.4, 0.5) is 0 Å². The molecule has 2 aromatic rings. The molecule has 0 unspecified atom stereocenters. The molecule has 2 aromatic heterocycles. The van der Waals surface area contributed by atoms with Crippen LogP contribution in [-0.2, 0) is 0 Å². The monoisotopic (exact) mass is 331 g/mol. The third kappa shape index (κ3) is 4.00. The van der Waals surface area contributed by atoms with E-state index in [0.29, 0.717) is 18.5 Å². The molecule has 6 nitrogen and oxygen atoms in total. The lowest BCUT2D eigenvalue weighted by Crippen LogP contribution is -2.44. The second-order valence-corrected chi connectivity index (χ2v) is 6.32. The molecule has 2 heterocycles. The van der Waals surface area contributed by atoms with Gasteiger partial charge in [0, 0.05) is 18.9 Å². The Kier molecular flexibility index (Phi) is 5.72. The molecular weight excluding hydrogens is 306 g/mol. The number of carbonyl (C=O) groups is 1. The van der Waals surface area contributed by atoms with Crippen LogP contribution in [0.5, 0.6) is 0 Å². The summed E-state index contributed by atoms with van der Waals surface area (Å²) >= 11 is 0. The number of hydrogen-bond donors (Lipinski definition) is 2. The van der Waals surface area contributed by atoms with E-state index in [1.165, 1.54) is 10.6 Å². The molecule has 0 fully saturated rings. The van der Waals surface area contributed by atoms with Crippen molar-refractivity contribution in [3.8, 4) is 0 Å². The van der Waals surface area contributed by atoms with Gasteiger partial charge >= 0.3 is 0 Å². The van der Waals surface area contributed by atoms with Crippen molar-refractivity contribution in [3.63, 3.8) is 0 Å². The van der Waals surface area contributed by atoms with E-state index >= 15 is 0 Å². The summed E-state index contributed by atoms with van der Waals surface area (Å²) in [6.45, 7) is 5.98. The fraction of sp³-hybridized carbons (Fsp3) is 0.500. The minimum Gasteiger partial charge on any atom is -0.388 e. The summed E-state index contributed by atoms with van der Waals surface area (Å²) in [6.07, 6.45) is 5.81. The van der Waals surface area contributed by atoms with Crippen LogP contribution < -0.4 is 10.9 Å². The maximum atomic E-state index is 12.5. The van der Waals surface area contributed by atoms with E-state index in [2.05, 4.69) is 10.3 Å². The SMILES string of the molecule is CCCC(O)(CCC)CNC(=O)c1cnc2ccc(C)cn2c1=O. The first-order valence-corrected chi connectivity index (χ1v) is 8.39. The Labute approximate surface area is 141 Å². The van der Waals surface area contributed by atoms with E-state index < -0.39 is 17.1 Å². The number of aromatic nitrogens is 2. The number of nitrogens with zero attached hydrogens (tertiary/aromatic N) is 2. The first-order chi connectivity index (χ1) is 11.4. The van der Waals surface area contributed by atoms with Crippen molar-refractivity contribution in [3.05, 3.63) is 46.0 Å². The van der Waals surface area contributed by atoms with Crippen LogP contribution in [0.2, 0.25) is 0 Å². The van der Waals surface area contributed by atoms with Gasteiger partial charge in [-0.15, -0.1) is 0 Å². The minimum absolute atomic E-state index is 0.0200. The second-order valence-electron chi connectivity index (χ2n) is 6.32. The number of aliphatic hydroxyl groups is 1. The summed E-state index contributed by atoms with van der Waals surface area (Å²) in [6, 6.07) is 3.59. The van der Waals surface area contributed by atoms with Gasteiger partial charge < -0.3 is 10.4 Å². The van der Waals surface area contributed by atoms with E-state index in [0.717, 1.165) is 18.4 Å². The van der Waals surface area contributed by atoms with E-state index in [-0.39, 0.29) is 12.1 Å². The van der Waals surface area contributed by atoms with E-state index in [1.807, 2.05) is 26.8 Å². The van der Waals surface area contributed by atoms with Gasteiger partial charge in [-0.05, 0) is 31.4 Å². The van der Waals surface area contributed by atoms with Gasteiger partial charge in [0.2, 0.25) is 0 Å². The molecule has 2 N–H and O–H groups in total. The van der Waals surface area contributed by atoms with Crippen molar-refractivity contribution in [1.29, 1.82) is 0 Å². The molecule has 0 aliphatic rings. The van der Waals surface area contributed by atoms with Gasteiger partial charge in [-0.3, -0.25) is 14.0 Å². The summed E-state index contributed by atoms with van der Waals surface area (Å²) in [5.74, 6) is -0.506. The highest BCUT2D eigenvalue weighted by Crippen LogP contribution is 2.18. The standard InChI is InChI=1S/C18H25N3O3/c1-4-8-18(24,9-5-2)12-20-16(22)14-10-19-15-7-6-13(3)11-21(15)17(14)23/h6-7,10-11,24H,4-5,8-9,12H2,1-3H3,(H,20,22). The quantitative estimate of drug-likeness (QED) is 0.813. The number of rotatable bonds is 7. The molecule has 0 bridgehead atoms. The molecule has 6 heteroatoms. The Morgan fingerprint density at radius 2 is 1.96 bits per heavy atom. The molecule has 0 atom stereocenters. The molecule has 0 radical (unpaired) electrons. The number of pyridine rings is 1. The fourth-order valence-electron chi connectivity index (χ4n) is 2.91. The number of fused-ring (bicyclic) bond motifs is 1. The smallest absolute Gasteiger partial charge is 0.270 e. The molecule has 0 aliphatic heterocycles. The highest BCUT2D eigenvalue weighted by atomic mass is 16.3. The van der Waals surface area contributed by atoms with Crippen molar-refractivity contribution in [2.75, 3.05) is 6.54 Å². The average molecular weight is 331 g/mol. The molecule has 0 aliphatic carbocycles. The normalized spacial score (nSPS) is 11.7. The zero-order valence-corrected chi connectivity index (χ0v) is 14.5. The van der Waals surface area contributed by atoms with Crippen LogP contribution in [0.3, 0.4) is 0 Å². The number of carbonyl (C=O) groups excluding carboxylic acids is 1. The van der Waals surface area contributed by atoms with Crippen molar-refractivity contribution in [2.24, 2.45) is 0 Å². The first-order valence-electron chi connectivity index (χ1n) is 8.39. The molecule has 2 rings (SSSR count).